The molecule has 3 rings (SSSR count). The van der Waals surface area contributed by atoms with Crippen LogP contribution < -0.4 is 5.32 Å². The molecule has 0 atom stereocenters. The Bertz CT molecular complexity index is 878. The summed E-state index contributed by atoms with van der Waals surface area (Å²) in [6, 6.07) is 9.74. The van der Waals surface area contributed by atoms with Crippen LogP contribution in [-0.2, 0) is 22.5 Å². The SMILES string of the molecule is CCOC(=O)c1cc(CC)sc1NC(=O)CN1CCN(Cc2cccc(Cl)c2)CC1. The highest BCUT2D eigenvalue weighted by atomic mass is 35.5. The topological polar surface area (TPSA) is 61.9 Å². The number of nitrogens with zero attached hydrogens (tertiary/aromatic N) is 2. The van der Waals surface area contributed by atoms with Crippen LogP contribution >= 0.6 is 22.9 Å². The summed E-state index contributed by atoms with van der Waals surface area (Å²) >= 11 is 7.51. The van der Waals surface area contributed by atoms with E-state index in [0.717, 1.165) is 49.0 Å². The molecule has 1 aromatic carbocycles. The summed E-state index contributed by atoms with van der Waals surface area (Å²) in [5.41, 5.74) is 1.64. The molecule has 30 heavy (non-hydrogen) atoms. The van der Waals surface area contributed by atoms with Crippen LogP contribution in [0.2, 0.25) is 5.02 Å². The van der Waals surface area contributed by atoms with Gasteiger partial charge in [0.1, 0.15) is 5.00 Å². The van der Waals surface area contributed by atoms with Crippen molar-refractivity contribution >= 4 is 39.8 Å². The first kappa shape index (κ1) is 22.7. The molecule has 0 aliphatic carbocycles. The second kappa shape index (κ2) is 10.9. The van der Waals surface area contributed by atoms with Gasteiger partial charge in [-0.05, 0) is 37.1 Å². The van der Waals surface area contributed by atoms with E-state index in [1.807, 2.05) is 31.2 Å². The molecule has 6 nitrogen and oxygen atoms in total. The zero-order valence-electron chi connectivity index (χ0n) is 17.4. The maximum absolute atomic E-state index is 12.6. The van der Waals surface area contributed by atoms with Crippen molar-refractivity contribution in [1.82, 2.24) is 9.80 Å². The zero-order valence-corrected chi connectivity index (χ0v) is 19.0. The molecule has 1 saturated heterocycles. The standard InChI is InChI=1S/C22H28ClN3O3S/c1-3-18-13-19(22(28)29-4-2)21(30-18)24-20(27)15-26-10-8-25(9-11-26)14-16-6-5-7-17(23)12-16/h5-7,12-13H,3-4,8-11,14-15H2,1-2H3,(H,24,27). The molecular formula is C22H28ClN3O3S. The molecule has 0 saturated carbocycles. The molecule has 162 valence electrons. The number of hydrogen-bond acceptors (Lipinski definition) is 6. The van der Waals surface area contributed by atoms with Crippen molar-refractivity contribution in [2.45, 2.75) is 26.8 Å². The number of anilines is 1. The Morgan fingerprint density at radius 1 is 1.13 bits per heavy atom. The maximum atomic E-state index is 12.6. The highest BCUT2D eigenvalue weighted by Gasteiger charge is 2.22. The number of benzene rings is 1. The predicted octanol–water partition coefficient (Wildman–Crippen LogP) is 3.90. The van der Waals surface area contributed by atoms with Gasteiger partial charge in [-0.3, -0.25) is 14.6 Å². The third kappa shape index (κ3) is 6.28. The number of rotatable bonds is 8. The molecule has 2 aromatic rings. The monoisotopic (exact) mass is 449 g/mol. The first-order chi connectivity index (χ1) is 14.5. The van der Waals surface area contributed by atoms with Gasteiger partial charge in [0.05, 0.1) is 18.7 Å². The summed E-state index contributed by atoms with van der Waals surface area (Å²) in [4.78, 5) is 30.3. The van der Waals surface area contributed by atoms with Crippen LogP contribution in [0.3, 0.4) is 0 Å². The number of halogens is 1. The average molecular weight is 450 g/mol. The van der Waals surface area contributed by atoms with E-state index in [1.54, 1.807) is 6.92 Å². The smallest absolute Gasteiger partial charge is 0.341 e. The Morgan fingerprint density at radius 2 is 1.87 bits per heavy atom. The molecule has 1 N–H and O–H groups in total. The fourth-order valence-corrected chi connectivity index (χ4v) is 4.65. The fraction of sp³-hybridized carbons (Fsp3) is 0.455. The number of carbonyl (C=O) groups excluding carboxylic acids is 2. The van der Waals surface area contributed by atoms with Crippen LogP contribution in [0.1, 0.15) is 34.6 Å². The predicted molar refractivity (Wildman–Crippen MR) is 121 cm³/mol. The van der Waals surface area contributed by atoms with Crippen molar-refractivity contribution in [3.63, 3.8) is 0 Å². The Kier molecular flexibility index (Phi) is 8.27. The number of amides is 1. The van der Waals surface area contributed by atoms with E-state index in [9.17, 15) is 9.59 Å². The molecule has 0 spiro atoms. The van der Waals surface area contributed by atoms with Crippen LogP contribution in [0.25, 0.3) is 0 Å². The number of thiophene rings is 1. The molecule has 0 unspecified atom stereocenters. The van der Waals surface area contributed by atoms with Crippen molar-refractivity contribution in [1.29, 1.82) is 0 Å². The van der Waals surface area contributed by atoms with Crippen molar-refractivity contribution in [2.75, 3.05) is 44.6 Å². The Hall–Kier alpha value is -1.93. The van der Waals surface area contributed by atoms with E-state index in [1.165, 1.54) is 16.9 Å². The minimum atomic E-state index is -0.390. The van der Waals surface area contributed by atoms with Crippen molar-refractivity contribution in [2.24, 2.45) is 0 Å². The second-order valence-corrected chi connectivity index (χ2v) is 8.83. The molecule has 1 amide bonds. The molecule has 8 heteroatoms. The van der Waals surface area contributed by atoms with E-state index in [-0.39, 0.29) is 5.91 Å². The van der Waals surface area contributed by atoms with Gasteiger partial charge in [-0.15, -0.1) is 11.3 Å². The van der Waals surface area contributed by atoms with E-state index in [2.05, 4.69) is 21.2 Å². The first-order valence-corrected chi connectivity index (χ1v) is 11.5. The molecule has 1 aromatic heterocycles. The molecule has 0 radical (unpaired) electrons. The molecule has 1 fully saturated rings. The second-order valence-electron chi connectivity index (χ2n) is 7.26. The maximum Gasteiger partial charge on any atom is 0.341 e. The molecule has 1 aliphatic heterocycles. The number of carbonyl (C=O) groups is 2. The summed E-state index contributed by atoms with van der Waals surface area (Å²) < 4.78 is 5.12. The van der Waals surface area contributed by atoms with E-state index < -0.39 is 5.97 Å². The Balaban J connectivity index is 1.50. The van der Waals surface area contributed by atoms with Gasteiger partial charge in [0.25, 0.3) is 0 Å². The first-order valence-electron chi connectivity index (χ1n) is 10.3. The highest BCUT2D eigenvalue weighted by molar-refractivity contribution is 7.16. The minimum Gasteiger partial charge on any atom is -0.462 e. The summed E-state index contributed by atoms with van der Waals surface area (Å²) in [5.74, 6) is -0.494. The fourth-order valence-electron chi connectivity index (χ4n) is 3.44. The third-order valence-electron chi connectivity index (χ3n) is 5.01. The van der Waals surface area contributed by atoms with Gasteiger partial charge in [0.2, 0.25) is 5.91 Å². The largest absolute Gasteiger partial charge is 0.462 e. The molecule has 1 aliphatic rings. The molecule has 0 bridgehead atoms. The quantitative estimate of drug-likeness (QED) is 0.619. The van der Waals surface area contributed by atoms with Crippen LogP contribution in [-0.4, -0.2) is 61.0 Å². The molecule has 2 heterocycles. The molecular weight excluding hydrogens is 422 g/mol. The zero-order chi connectivity index (χ0) is 21.5. The summed E-state index contributed by atoms with van der Waals surface area (Å²) in [5, 5.41) is 4.25. The lowest BCUT2D eigenvalue weighted by Gasteiger charge is -2.34. The summed E-state index contributed by atoms with van der Waals surface area (Å²) in [6.45, 7) is 8.71. The van der Waals surface area contributed by atoms with Gasteiger partial charge >= 0.3 is 5.97 Å². The minimum absolute atomic E-state index is 0.103. The Morgan fingerprint density at radius 3 is 2.53 bits per heavy atom. The van der Waals surface area contributed by atoms with Crippen molar-refractivity contribution in [3.05, 3.63) is 51.4 Å². The van der Waals surface area contributed by atoms with Gasteiger partial charge in [-0.25, -0.2) is 4.79 Å². The van der Waals surface area contributed by atoms with Crippen molar-refractivity contribution in [3.8, 4) is 0 Å². The number of aryl methyl sites for hydroxylation is 1. The van der Waals surface area contributed by atoms with Crippen molar-refractivity contribution < 1.29 is 14.3 Å². The van der Waals surface area contributed by atoms with Crippen LogP contribution in [0.5, 0.6) is 0 Å². The Labute approximate surface area is 186 Å². The van der Waals surface area contributed by atoms with Gasteiger partial charge < -0.3 is 10.1 Å². The van der Waals surface area contributed by atoms with E-state index in [0.29, 0.717) is 23.7 Å². The lowest BCUT2D eigenvalue weighted by Crippen LogP contribution is -2.48. The summed E-state index contributed by atoms with van der Waals surface area (Å²) in [7, 11) is 0. The number of nitrogens with one attached hydrogen (secondary N) is 1. The van der Waals surface area contributed by atoms with Gasteiger partial charge in [0.15, 0.2) is 0 Å². The van der Waals surface area contributed by atoms with Gasteiger partial charge in [-0.1, -0.05) is 30.7 Å². The van der Waals surface area contributed by atoms with Crippen LogP contribution in [0.15, 0.2) is 30.3 Å². The summed E-state index contributed by atoms with van der Waals surface area (Å²) in [6.07, 6.45) is 0.807. The average Bonchev–Trinajstić information content (AvgIpc) is 3.12. The highest BCUT2D eigenvalue weighted by Crippen LogP contribution is 2.29. The number of ether oxygens (including phenoxy) is 1. The number of hydrogen-bond donors (Lipinski definition) is 1. The number of esters is 1. The van der Waals surface area contributed by atoms with Crippen LogP contribution in [0, 0.1) is 0 Å². The van der Waals surface area contributed by atoms with E-state index >= 15 is 0 Å². The number of piperazine rings is 1. The van der Waals surface area contributed by atoms with Gasteiger partial charge in [-0.2, -0.15) is 0 Å². The van der Waals surface area contributed by atoms with E-state index in [4.69, 9.17) is 16.3 Å². The lowest BCUT2D eigenvalue weighted by atomic mass is 10.2. The van der Waals surface area contributed by atoms with Gasteiger partial charge in [0, 0.05) is 42.6 Å². The van der Waals surface area contributed by atoms with Crippen LogP contribution in [0.4, 0.5) is 5.00 Å². The lowest BCUT2D eigenvalue weighted by molar-refractivity contribution is -0.117. The normalized spacial score (nSPS) is 15.2. The third-order valence-corrected chi connectivity index (χ3v) is 6.44.